The second-order valence-corrected chi connectivity index (χ2v) is 10.4. The van der Waals surface area contributed by atoms with E-state index in [1.54, 1.807) is 25.3 Å². The number of phenolic OH excluding ortho intramolecular Hbond substituents is 1. The number of rotatable bonds is 14. The molecule has 0 aliphatic rings. The molecule has 12 heteroatoms. The number of nitrogens with one attached hydrogen (secondary N) is 4. The quantitative estimate of drug-likeness (QED) is 0.132. The van der Waals surface area contributed by atoms with E-state index in [0.717, 1.165) is 16.5 Å². The van der Waals surface area contributed by atoms with Gasteiger partial charge < -0.3 is 36.9 Å². The molecule has 5 unspecified atom stereocenters. The molecule has 8 N–H and O–H groups in total. The van der Waals surface area contributed by atoms with E-state index in [1.807, 2.05) is 31.2 Å². The van der Waals surface area contributed by atoms with E-state index in [-0.39, 0.29) is 30.3 Å². The number of aromatic amines is 1. The van der Waals surface area contributed by atoms with Crippen molar-refractivity contribution in [1.29, 1.82) is 0 Å². The molecule has 5 atom stereocenters. The number of carbonyl (C=O) groups excluding carboxylic acids is 3. The minimum absolute atomic E-state index is 0.0319. The number of carboxylic acid groups (broad SMARTS) is 1. The number of amides is 3. The van der Waals surface area contributed by atoms with Crippen LogP contribution in [0.1, 0.15) is 31.4 Å². The van der Waals surface area contributed by atoms with E-state index in [9.17, 15) is 29.4 Å². The minimum atomic E-state index is -1.30. The Kier molecular flexibility index (Phi) is 11.2. The summed E-state index contributed by atoms with van der Waals surface area (Å²) in [6.45, 7) is 3.66. The number of benzene rings is 2. The Labute approximate surface area is 243 Å². The molecule has 0 spiro atoms. The number of carbonyl (C=O) groups is 4. The van der Waals surface area contributed by atoms with Gasteiger partial charge in [0.25, 0.3) is 0 Å². The van der Waals surface area contributed by atoms with Crippen molar-refractivity contribution in [3.05, 3.63) is 65.9 Å². The first-order valence-electron chi connectivity index (χ1n) is 13.4. The summed E-state index contributed by atoms with van der Waals surface area (Å²) >= 11 is 4.05. The van der Waals surface area contributed by atoms with Gasteiger partial charge in [-0.1, -0.05) is 50.6 Å². The van der Waals surface area contributed by atoms with Crippen LogP contribution in [0.25, 0.3) is 10.9 Å². The number of phenols is 1. The molecule has 1 aromatic heterocycles. The van der Waals surface area contributed by atoms with Crippen molar-refractivity contribution in [2.24, 2.45) is 11.7 Å². The third-order valence-corrected chi connectivity index (χ3v) is 7.44. The number of aromatic nitrogens is 1. The lowest BCUT2D eigenvalue weighted by Gasteiger charge is -2.28. The number of hydrogen-bond donors (Lipinski definition) is 8. The molecule has 0 saturated heterocycles. The number of H-pyrrole nitrogens is 1. The van der Waals surface area contributed by atoms with Crippen LogP contribution >= 0.6 is 12.6 Å². The van der Waals surface area contributed by atoms with Crippen LogP contribution in [0.4, 0.5) is 0 Å². The van der Waals surface area contributed by atoms with E-state index in [0.29, 0.717) is 12.0 Å². The van der Waals surface area contributed by atoms with Gasteiger partial charge in [0.2, 0.25) is 17.7 Å². The highest BCUT2D eigenvalue weighted by molar-refractivity contribution is 7.80. The van der Waals surface area contributed by atoms with Gasteiger partial charge in [0.15, 0.2) is 0 Å². The number of hydrogen-bond acceptors (Lipinski definition) is 7. The monoisotopic (exact) mass is 583 g/mol. The first-order chi connectivity index (χ1) is 19.5. The van der Waals surface area contributed by atoms with Crippen LogP contribution in [0.3, 0.4) is 0 Å². The molecule has 0 radical (unpaired) electrons. The minimum Gasteiger partial charge on any atom is -0.508 e. The van der Waals surface area contributed by atoms with Gasteiger partial charge in [-0.2, -0.15) is 12.6 Å². The summed E-state index contributed by atoms with van der Waals surface area (Å²) in [5.74, 6) is -3.26. The normalized spacial score (nSPS) is 14.8. The van der Waals surface area contributed by atoms with Gasteiger partial charge in [-0.05, 0) is 35.2 Å². The highest BCUT2D eigenvalue weighted by Crippen LogP contribution is 2.20. The molecule has 2 aromatic carbocycles. The molecule has 0 bridgehead atoms. The van der Waals surface area contributed by atoms with Gasteiger partial charge in [-0.15, -0.1) is 0 Å². The highest BCUT2D eigenvalue weighted by atomic mass is 32.1. The van der Waals surface area contributed by atoms with Gasteiger partial charge in [-0.3, -0.25) is 14.4 Å². The number of aliphatic carboxylic acids is 1. The fraction of sp³-hybridized carbons (Fsp3) is 0.379. The van der Waals surface area contributed by atoms with E-state index >= 15 is 0 Å². The summed E-state index contributed by atoms with van der Waals surface area (Å²) in [5.41, 5.74) is 7.97. The van der Waals surface area contributed by atoms with E-state index in [4.69, 9.17) is 5.73 Å². The second kappa shape index (κ2) is 14.6. The van der Waals surface area contributed by atoms with Crippen molar-refractivity contribution in [2.75, 3.05) is 5.75 Å². The van der Waals surface area contributed by atoms with Gasteiger partial charge in [0.1, 0.15) is 23.9 Å². The van der Waals surface area contributed by atoms with Crippen LogP contribution in [0.5, 0.6) is 5.75 Å². The van der Waals surface area contributed by atoms with Crippen molar-refractivity contribution in [3.63, 3.8) is 0 Å². The number of carboxylic acids is 1. The zero-order valence-corrected chi connectivity index (χ0v) is 23.9. The number of fused-ring (bicyclic) bond motifs is 1. The zero-order chi connectivity index (χ0) is 30.1. The molecule has 3 amide bonds. The summed E-state index contributed by atoms with van der Waals surface area (Å²) in [6, 6.07) is 9.11. The largest absolute Gasteiger partial charge is 0.508 e. The Balaban J connectivity index is 1.88. The van der Waals surface area contributed by atoms with Crippen LogP contribution in [-0.4, -0.2) is 68.8 Å². The lowest BCUT2D eigenvalue weighted by atomic mass is 9.96. The van der Waals surface area contributed by atoms with E-state index in [1.165, 1.54) is 12.1 Å². The van der Waals surface area contributed by atoms with Crippen LogP contribution in [0.2, 0.25) is 0 Å². The number of para-hydroxylation sites is 1. The fourth-order valence-corrected chi connectivity index (χ4v) is 4.54. The van der Waals surface area contributed by atoms with Crippen LogP contribution in [0.15, 0.2) is 54.7 Å². The molecular formula is C29H37N5O6S. The fourth-order valence-electron chi connectivity index (χ4n) is 4.38. The maximum Gasteiger partial charge on any atom is 0.326 e. The Hall–Kier alpha value is -4.03. The summed E-state index contributed by atoms with van der Waals surface area (Å²) in [7, 11) is 0. The Morgan fingerprint density at radius 1 is 0.927 bits per heavy atom. The molecule has 41 heavy (non-hydrogen) atoms. The topological polar surface area (TPSA) is 187 Å². The number of nitrogens with two attached hydrogens (primary N) is 1. The summed E-state index contributed by atoms with van der Waals surface area (Å²) in [4.78, 5) is 54.8. The molecule has 0 saturated carbocycles. The third-order valence-electron chi connectivity index (χ3n) is 7.05. The average Bonchev–Trinajstić information content (AvgIpc) is 3.37. The smallest absolute Gasteiger partial charge is 0.326 e. The van der Waals surface area contributed by atoms with E-state index in [2.05, 4.69) is 33.6 Å². The lowest BCUT2D eigenvalue weighted by Crippen LogP contribution is -2.59. The second-order valence-electron chi connectivity index (χ2n) is 10.1. The van der Waals surface area contributed by atoms with Crippen molar-refractivity contribution >= 4 is 47.2 Å². The lowest BCUT2D eigenvalue weighted by molar-refractivity contribution is -0.142. The molecule has 3 rings (SSSR count). The van der Waals surface area contributed by atoms with Crippen molar-refractivity contribution < 1.29 is 29.4 Å². The Bertz CT molecular complexity index is 1360. The van der Waals surface area contributed by atoms with Gasteiger partial charge in [0, 0.05) is 35.7 Å². The first-order valence-corrected chi connectivity index (χ1v) is 14.0. The molecule has 3 aromatic rings. The zero-order valence-electron chi connectivity index (χ0n) is 23.0. The van der Waals surface area contributed by atoms with Crippen LogP contribution in [-0.2, 0) is 32.0 Å². The van der Waals surface area contributed by atoms with Gasteiger partial charge >= 0.3 is 5.97 Å². The van der Waals surface area contributed by atoms with Crippen molar-refractivity contribution in [3.8, 4) is 5.75 Å². The molecule has 1 heterocycles. The number of thiol groups is 1. The number of aromatic hydroxyl groups is 1. The maximum atomic E-state index is 13.6. The van der Waals surface area contributed by atoms with E-state index < -0.39 is 47.9 Å². The van der Waals surface area contributed by atoms with Crippen LogP contribution < -0.4 is 21.7 Å². The SMILES string of the molecule is CCC(C)C(NC(=O)C(N)CS)C(=O)NC(Cc1c[nH]c2ccccc12)C(=O)NC(Cc1ccc(O)cc1)C(=O)O. The summed E-state index contributed by atoms with van der Waals surface area (Å²) in [6.07, 6.45) is 2.32. The maximum absolute atomic E-state index is 13.6. The van der Waals surface area contributed by atoms with Crippen molar-refractivity contribution in [1.82, 2.24) is 20.9 Å². The third kappa shape index (κ3) is 8.48. The average molecular weight is 584 g/mol. The van der Waals surface area contributed by atoms with Gasteiger partial charge in [0.05, 0.1) is 6.04 Å². The molecule has 0 aliphatic carbocycles. The molecule has 0 aliphatic heterocycles. The van der Waals surface area contributed by atoms with Crippen molar-refractivity contribution in [2.45, 2.75) is 57.3 Å². The molecule has 220 valence electrons. The summed E-state index contributed by atoms with van der Waals surface area (Å²) < 4.78 is 0. The molecule has 0 fully saturated rings. The van der Waals surface area contributed by atoms with Crippen LogP contribution in [0, 0.1) is 5.92 Å². The Morgan fingerprint density at radius 3 is 2.22 bits per heavy atom. The molecular weight excluding hydrogens is 546 g/mol. The Morgan fingerprint density at radius 2 is 1.59 bits per heavy atom. The summed E-state index contributed by atoms with van der Waals surface area (Å²) in [5, 5.41) is 28.2. The van der Waals surface area contributed by atoms with Gasteiger partial charge in [-0.25, -0.2) is 4.79 Å². The predicted molar refractivity (Wildman–Crippen MR) is 159 cm³/mol. The highest BCUT2D eigenvalue weighted by Gasteiger charge is 2.33. The first kappa shape index (κ1) is 31.5. The molecule has 11 nitrogen and oxygen atoms in total. The standard InChI is InChI=1S/C29H37N5O6S/c1-3-16(2)25(34-26(36)21(30)15-41)28(38)32-23(13-18-14-31-22-7-5-4-6-20(18)22)27(37)33-24(29(39)40)12-17-8-10-19(35)11-9-17/h4-11,14,16,21,23-25,31,35,41H,3,12-13,15,30H2,1-2H3,(H,32,38)(H,33,37)(H,34,36)(H,39,40). The predicted octanol–water partition coefficient (Wildman–Crippen LogP) is 1.50.